The van der Waals surface area contributed by atoms with E-state index < -0.39 is 120 Å². The molecule has 48 nitrogen and oxygen atoms in total. The molecule has 0 saturated heterocycles. The van der Waals surface area contributed by atoms with Gasteiger partial charge in [-0.1, -0.05) is 0 Å². The first-order chi connectivity index (χ1) is 50.1. The van der Waals surface area contributed by atoms with E-state index in [4.69, 9.17) is 119 Å². The number of alkyl halides is 3. The van der Waals surface area contributed by atoms with Gasteiger partial charge in [0, 0.05) is 58.9 Å². The molecular formula is C56H111F3N36O12. The van der Waals surface area contributed by atoms with Gasteiger partial charge in [-0.05, 0) is 116 Å². The summed E-state index contributed by atoms with van der Waals surface area (Å²) in [4.78, 5) is 172. The van der Waals surface area contributed by atoms with E-state index >= 15 is 0 Å². The third-order valence-corrected chi connectivity index (χ3v) is 14.2. The van der Waals surface area contributed by atoms with E-state index in [0.717, 1.165) is 0 Å². The molecule has 51 heteroatoms. The average molecular weight is 1540 g/mol. The predicted octanol–water partition coefficient (Wildman–Crippen LogP) is -12.6. The van der Waals surface area contributed by atoms with Crippen LogP contribution in [0.15, 0.2) is 44.9 Å². The fourth-order valence-electron chi connectivity index (χ4n) is 9.00. The van der Waals surface area contributed by atoms with E-state index in [1.807, 2.05) is 0 Å². The van der Waals surface area contributed by atoms with Gasteiger partial charge in [-0.3, -0.25) is 83.3 Å². The van der Waals surface area contributed by atoms with Crippen LogP contribution in [0.3, 0.4) is 0 Å². The van der Waals surface area contributed by atoms with Crippen molar-refractivity contribution in [2.45, 2.75) is 176 Å². The standard InChI is InChI=1S/C54H110N36O10.C2HF3O2/c55-28(10-1-19-74-46(56)57)37(91)83-29(11-2-20-75-47(58)59)38(92)84-30(12-3-21-76-48(60)61)39(93)85-31(13-4-22-77-49(62)63)40(94)86-32(14-5-23-78-50(64)65)41(95)87-33(15-6-24-79-51(66)67)42(96)88-34(16-7-25-80-52(68)69)43(97)89-35(17-8-26-81-53(70)71)44(98)90-36(45(99)100)18-9-27-82-54(72)73;3-2(4,5)1(6)7/h28-36H,1-27,55H2,(H,83,91)(H,84,92)(H,85,93)(H,86,94)(H,87,95)(H,88,96)(H,89,97)(H,90,98)(H,99,100)(H4,56,57,74)(H4,58,59,75)(H4,60,61,76)(H4,62,63,77)(H4,64,65,78)(H4,66,67,79)(H4,68,69,80)(H4,70,71,81)(H4,72,73,82);(H,6,7)/t28-,29-,30-,31-,32-,33-,34-,35-,36-;/m0./s1. The normalized spacial score (nSPS) is 13.2. The van der Waals surface area contributed by atoms with Gasteiger partial charge in [-0.15, -0.1) is 0 Å². The highest BCUT2D eigenvalue weighted by atomic mass is 19.4. The Kier molecular flexibility index (Phi) is 49.4. The monoisotopic (exact) mass is 1540 g/mol. The Morgan fingerprint density at radius 2 is 0.383 bits per heavy atom. The molecule has 107 heavy (non-hydrogen) atoms. The van der Waals surface area contributed by atoms with Crippen molar-refractivity contribution < 1.29 is 71.3 Å². The summed E-state index contributed by atoms with van der Waals surface area (Å²) in [6.45, 7) is -0.0913. The summed E-state index contributed by atoms with van der Waals surface area (Å²) >= 11 is 0. The molecule has 0 fully saturated rings. The number of aliphatic carboxylic acids is 2. The maximum absolute atomic E-state index is 14.8. The Labute approximate surface area is 613 Å². The molecule has 0 bridgehead atoms. The van der Waals surface area contributed by atoms with Gasteiger partial charge in [0.1, 0.15) is 48.3 Å². The molecule has 0 aromatic rings. The van der Waals surface area contributed by atoms with Crippen molar-refractivity contribution in [1.29, 1.82) is 0 Å². The Bertz CT molecular complexity index is 3080. The van der Waals surface area contributed by atoms with Gasteiger partial charge in [0.2, 0.25) is 47.3 Å². The maximum atomic E-state index is 14.8. The highest BCUT2D eigenvalue weighted by Crippen LogP contribution is 2.14. The van der Waals surface area contributed by atoms with Crippen LogP contribution in [0.4, 0.5) is 13.2 Å². The van der Waals surface area contributed by atoms with Crippen LogP contribution in [0.1, 0.15) is 116 Å². The second-order valence-electron chi connectivity index (χ2n) is 23.3. The summed E-state index contributed by atoms with van der Waals surface area (Å²) < 4.78 is 31.7. The minimum atomic E-state index is -5.08. The summed E-state index contributed by atoms with van der Waals surface area (Å²) in [5.74, 6) is -13.9. The number of hydrogen-bond donors (Lipinski definition) is 29. The zero-order valence-electron chi connectivity index (χ0n) is 59.4. The number of aliphatic imine (C=N–C) groups is 9. The summed E-state index contributed by atoms with van der Waals surface area (Å²) in [7, 11) is 0. The molecule has 0 aliphatic carbocycles. The van der Waals surface area contributed by atoms with Crippen molar-refractivity contribution >= 4 is 113 Å². The van der Waals surface area contributed by atoms with E-state index in [0.29, 0.717) is 6.42 Å². The van der Waals surface area contributed by atoms with E-state index in [1.54, 1.807) is 0 Å². The second kappa shape index (κ2) is 54.5. The molecule has 608 valence electrons. The van der Waals surface area contributed by atoms with Gasteiger partial charge < -0.3 is 162 Å². The maximum Gasteiger partial charge on any atom is 0.490 e. The minimum Gasteiger partial charge on any atom is -0.480 e. The molecular weight excluding hydrogens is 1430 g/mol. The van der Waals surface area contributed by atoms with Crippen molar-refractivity contribution in [3.8, 4) is 0 Å². The molecule has 0 radical (unpaired) electrons. The molecule has 0 aliphatic heterocycles. The molecule has 0 heterocycles. The Balaban J connectivity index is 0. The van der Waals surface area contributed by atoms with Crippen molar-refractivity contribution in [1.82, 2.24) is 42.5 Å². The summed E-state index contributed by atoms with van der Waals surface area (Å²) in [6.07, 6.45) is -5.54. The number of hydrogen-bond acceptors (Lipinski definition) is 20. The fourth-order valence-corrected chi connectivity index (χ4v) is 9.00. The van der Waals surface area contributed by atoms with Gasteiger partial charge in [-0.25, -0.2) is 9.59 Å². The zero-order chi connectivity index (χ0) is 81.8. The van der Waals surface area contributed by atoms with Crippen LogP contribution in [0, 0.1) is 0 Å². The Morgan fingerprint density at radius 1 is 0.252 bits per heavy atom. The minimum absolute atomic E-state index is 0.0134. The third-order valence-electron chi connectivity index (χ3n) is 14.2. The number of rotatable bonds is 53. The number of nitrogens with one attached hydrogen (secondary N) is 8. The molecule has 48 N–H and O–H groups in total. The SMILES string of the molecule is NC(N)=NCCC[C@H](NC(=O)[C@H](CCCN=C(N)N)NC(=O)[C@H](CCCN=C(N)N)NC(=O)[C@H](CCCN=C(N)N)NC(=O)[C@H](CCCN=C(N)N)NC(=O)[C@H](CCCN=C(N)N)NC(=O)[C@H](CCCN=C(N)N)NC(=O)[C@H](CCCN=C(N)N)NC(=O)[C@@H](N)CCCN=C(N)N)C(=O)O.O=C(O)C(F)(F)F. The van der Waals surface area contributed by atoms with Crippen LogP contribution in [-0.2, 0) is 47.9 Å². The van der Waals surface area contributed by atoms with Crippen molar-refractivity contribution in [3.63, 3.8) is 0 Å². The number of amides is 8. The lowest BCUT2D eigenvalue weighted by atomic mass is 10.0. The van der Waals surface area contributed by atoms with E-state index in [-0.39, 0.29) is 222 Å². The van der Waals surface area contributed by atoms with Gasteiger partial charge >= 0.3 is 18.1 Å². The Hall–Kier alpha value is -12.1. The molecule has 0 spiro atoms. The summed E-state index contributed by atoms with van der Waals surface area (Å²) in [6, 6.07) is -13.1. The summed E-state index contributed by atoms with van der Waals surface area (Å²) in [5.41, 5.74) is 106. The molecule has 0 saturated carbocycles. The summed E-state index contributed by atoms with van der Waals surface area (Å²) in [5, 5.41) is 38.0. The lowest BCUT2D eigenvalue weighted by molar-refractivity contribution is -0.192. The molecule has 9 atom stereocenters. The van der Waals surface area contributed by atoms with Crippen LogP contribution in [0.2, 0.25) is 0 Å². The van der Waals surface area contributed by atoms with E-state index in [9.17, 15) is 61.4 Å². The first-order valence-corrected chi connectivity index (χ1v) is 33.3. The molecule has 0 aromatic carbocycles. The highest BCUT2D eigenvalue weighted by Gasteiger charge is 2.39. The zero-order valence-corrected chi connectivity index (χ0v) is 59.4. The number of nitrogens with two attached hydrogens (primary N) is 19. The van der Waals surface area contributed by atoms with Crippen LogP contribution in [0.25, 0.3) is 0 Å². The second-order valence-corrected chi connectivity index (χ2v) is 23.3. The van der Waals surface area contributed by atoms with Crippen molar-refractivity contribution in [2.75, 3.05) is 58.9 Å². The quantitative estimate of drug-likeness (QED) is 0.0153. The lowest BCUT2D eigenvalue weighted by Gasteiger charge is -2.28. The van der Waals surface area contributed by atoms with Gasteiger partial charge in [0.15, 0.2) is 53.6 Å². The van der Waals surface area contributed by atoms with Crippen LogP contribution >= 0.6 is 0 Å². The topological polar surface area (TPSA) is 913 Å². The van der Waals surface area contributed by atoms with Crippen LogP contribution < -0.4 is 151 Å². The molecule has 0 aliphatic rings. The van der Waals surface area contributed by atoms with E-state index in [1.165, 1.54) is 0 Å². The molecule has 0 rings (SSSR count). The number of carboxylic acid groups (broad SMARTS) is 2. The molecule has 0 aromatic heterocycles. The predicted molar refractivity (Wildman–Crippen MR) is 394 cm³/mol. The third kappa shape index (κ3) is 50.8. The first-order valence-electron chi connectivity index (χ1n) is 33.3. The highest BCUT2D eigenvalue weighted by molar-refractivity contribution is 5.98. The van der Waals surface area contributed by atoms with E-state index in [2.05, 4.69) is 87.5 Å². The van der Waals surface area contributed by atoms with Crippen molar-refractivity contribution in [2.24, 2.45) is 154 Å². The smallest absolute Gasteiger partial charge is 0.480 e. The van der Waals surface area contributed by atoms with Gasteiger partial charge in [0.25, 0.3) is 0 Å². The fraction of sp³-hybridized carbons (Fsp3) is 0.661. The molecule has 8 amide bonds. The number of carbonyl (C=O) groups excluding carboxylic acids is 8. The molecule has 0 unspecified atom stereocenters. The van der Waals surface area contributed by atoms with Crippen LogP contribution in [-0.4, -0.2) is 243 Å². The number of carbonyl (C=O) groups is 10. The van der Waals surface area contributed by atoms with Gasteiger partial charge in [-0.2, -0.15) is 13.2 Å². The number of nitrogens with zero attached hydrogens (tertiary/aromatic N) is 9. The lowest BCUT2D eigenvalue weighted by Crippen LogP contribution is -2.60. The number of halogens is 3. The largest absolute Gasteiger partial charge is 0.490 e. The average Bonchev–Trinajstić information content (AvgIpc) is 0.862. The number of guanidine groups is 9. The number of carboxylic acids is 2. The van der Waals surface area contributed by atoms with Gasteiger partial charge in [0.05, 0.1) is 6.04 Å². The Morgan fingerprint density at radius 3 is 0.523 bits per heavy atom. The first kappa shape index (κ1) is 96.9. The van der Waals surface area contributed by atoms with Crippen molar-refractivity contribution in [3.05, 3.63) is 0 Å². The van der Waals surface area contributed by atoms with Crippen LogP contribution in [0.5, 0.6) is 0 Å².